The highest BCUT2D eigenvalue weighted by molar-refractivity contribution is 6.30. The monoisotopic (exact) mass is 292 g/mol. The summed E-state index contributed by atoms with van der Waals surface area (Å²) in [7, 11) is 1.57. The van der Waals surface area contributed by atoms with Crippen LogP contribution in [0.1, 0.15) is 17.3 Å². The average molecular weight is 293 g/mol. The van der Waals surface area contributed by atoms with E-state index in [0.29, 0.717) is 10.8 Å². The molecule has 2 rings (SSSR count). The maximum Gasteiger partial charge on any atom is 0.314 e. The minimum Gasteiger partial charge on any atom is -0.497 e. The summed E-state index contributed by atoms with van der Waals surface area (Å²) in [5.74, 6) is -0.872. The van der Waals surface area contributed by atoms with Crippen LogP contribution in [0.4, 0.5) is 0 Å². The van der Waals surface area contributed by atoms with Crippen molar-refractivity contribution in [2.24, 2.45) is 0 Å². The van der Waals surface area contributed by atoms with Crippen LogP contribution in [0.2, 0.25) is 5.02 Å². The van der Waals surface area contributed by atoms with Crippen LogP contribution in [0.5, 0.6) is 5.75 Å². The van der Waals surface area contributed by atoms with Crippen molar-refractivity contribution in [3.63, 3.8) is 0 Å². The number of ether oxygens (including phenoxy) is 1. The summed E-state index contributed by atoms with van der Waals surface area (Å²) in [5, 5.41) is 9.71. The summed E-state index contributed by atoms with van der Waals surface area (Å²) in [6.45, 7) is 0. The third-order valence-electron chi connectivity index (χ3n) is 2.82. The fraction of sp³-hybridized carbons (Fsp3) is 0.214. The van der Waals surface area contributed by atoms with E-state index in [-0.39, 0.29) is 12.2 Å². The quantitative estimate of drug-likeness (QED) is 0.917. The number of halogens is 1. The molecule has 5 nitrogen and oxygen atoms in total. The lowest BCUT2D eigenvalue weighted by atomic mass is 9.98. The second-order valence-electron chi connectivity index (χ2n) is 4.21. The van der Waals surface area contributed by atoms with E-state index >= 15 is 0 Å². The van der Waals surface area contributed by atoms with Gasteiger partial charge in [-0.25, -0.2) is 9.97 Å². The van der Waals surface area contributed by atoms with Gasteiger partial charge in [0.05, 0.1) is 12.1 Å². The summed E-state index contributed by atoms with van der Waals surface area (Å²) in [5.41, 5.74) is 0.843. The van der Waals surface area contributed by atoms with Gasteiger partial charge in [0.15, 0.2) is 0 Å². The van der Waals surface area contributed by atoms with Gasteiger partial charge in [0.2, 0.25) is 0 Å². The predicted molar refractivity (Wildman–Crippen MR) is 74.1 cm³/mol. The lowest BCUT2D eigenvalue weighted by molar-refractivity contribution is -0.139. The maximum absolute atomic E-state index is 11.4. The summed E-state index contributed by atoms with van der Waals surface area (Å²) in [4.78, 5) is 19.4. The highest BCUT2D eigenvalue weighted by Crippen LogP contribution is 2.21. The molecule has 1 aromatic heterocycles. The van der Waals surface area contributed by atoms with E-state index in [2.05, 4.69) is 9.97 Å². The molecular weight excluding hydrogens is 280 g/mol. The van der Waals surface area contributed by atoms with Gasteiger partial charge >= 0.3 is 5.97 Å². The number of aromatic nitrogens is 2. The second-order valence-corrected chi connectivity index (χ2v) is 4.64. The first kappa shape index (κ1) is 14.3. The molecule has 0 saturated carbocycles. The largest absolute Gasteiger partial charge is 0.497 e. The second kappa shape index (κ2) is 6.34. The summed E-state index contributed by atoms with van der Waals surface area (Å²) < 4.78 is 5.12. The lowest BCUT2D eigenvalue weighted by Crippen LogP contribution is -2.17. The molecule has 20 heavy (non-hydrogen) atoms. The van der Waals surface area contributed by atoms with E-state index in [1.54, 1.807) is 19.2 Å². The minimum atomic E-state index is -0.977. The zero-order chi connectivity index (χ0) is 14.5. The molecule has 0 fully saturated rings. The molecule has 0 amide bonds. The van der Waals surface area contributed by atoms with Gasteiger partial charge in [-0.2, -0.15) is 0 Å². The number of aliphatic carboxylic acids is 1. The zero-order valence-corrected chi connectivity index (χ0v) is 11.5. The number of carboxylic acid groups (broad SMARTS) is 1. The van der Waals surface area contributed by atoms with E-state index in [9.17, 15) is 9.90 Å². The number of carboxylic acids is 1. The number of methoxy groups -OCH3 is 1. The molecule has 1 N–H and O–H groups in total. The van der Waals surface area contributed by atoms with Crippen LogP contribution in [0, 0.1) is 0 Å². The van der Waals surface area contributed by atoms with Crippen molar-refractivity contribution in [3.8, 4) is 5.75 Å². The average Bonchev–Trinajstić information content (AvgIpc) is 2.46. The molecule has 0 aliphatic heterocycles. The van der Waals surface area contributed by atoms with Crippen molar-refractivity contribution < 1.29 is 14.6 Å². The van der Waals surface area contributed by atoms with E-state index in [4.69, 9.17) is 16.3 Å². The molecule has 0 aliphatic rings. The smallest absolute Gasteiger partial charge is 0.314 e. The summed E-state index contributed by atoms with van der Waals surface area (Å²) in [6, 6.07) is 7.26. The molecule has 1 heterocycles. The van der Waals surface area contributed by atoms with E-state index < -0.39 is 11.9 Å². The molecule has 6 heteroatoms. The Balaban J connectivity index is 2.25. The minimum absolute atomic E-state index is 0.240. The maximum atomic E-state index is 11.4. The number of rotatable bonds is 5. The fourth-order valence-electron chi connectivity index (χ4n) is 1.83. The Bertz CT molecular complexity index is 602. The number of hydrogen-bond acceptors (Lipinski definition) is 4. The van der Waals surface area contributed by atoms with E-state index in [1.807, 2.05) is 12.1 Å². The van der Waals surface area contributed by atoms with Crippen molar-refractivity contribution in [1.29, 1.82) is 0 Å². The van der Waals surface area contributed by atoms with Crippen molar-refractivity contribution in [1.82, 2.24) is 9.97 Å². The SMILES string of the molecule is COc1cccc(CC(C(=O)O)c2ncc(Cl)cn2)c1. The van der Waals surface area contributed by atoms with Crippen LogP contribution in [-0.4, -0.2) is 28.2 Å². The van der Waals surface area contributed by atoms with Gasteiger partial charge in [-0.15, -0.1) is 0 Å². The van der Waals surface area contributed by atoms with Crippen LogP contribution >= 0.6 is 11.6 Å². The Labute approximate surface area is 121 Å². The summed E-state index contributed by atoms with van der Waals surface area (Å²) >= 11 is 5.71. The fourth-order valence-corrected chi connectivity index (χ4v) is 1.92. The molecule has 0 spiro atoms. The highest BCUT2D eigenvalue weighted by atomic mass is 35.5. The Morgan fingerprint density at radius 1 is 1.40 bits per heavy atom. The first-order valence-electron chi connectivity index (χ1n) is 5.93. The molecule has 0 bridgehead atoms. The lowest BCUT2D eigenvalue weighted by Gasteiger charge is -2.11. The van der Waals surface area contributed by atoms with Crippen LogP contribution in [0.15, 0.2) is 36.7 Å². The number of benzene rings is 1. The van der Waals surface area contributed by atoms with Crippen LogP contribution in [-0.2, 0) is 11.2 Å². The molecule has 1 aromatic carbocycles. The van der Waals surface area contributed by atoms with Crippen molar-refractivity contribution >= 4 is 17.6 Å². The highest BCUT2D eigenvalue weighted by Gasteiger charge is 2.23. The molecule has 104 valence electrons. The molecule has 2 aromatic rings. The zero-order valence-electron chi connectivity index (χ0n) is 10.8. The Kier molecular flexibility index (Phi) is 4.53. The van der Waals surface area contributed by atoms with Crippen molar-refractivity contribution in [3.05, 3.63) is 53.1 Å². The first-order chi connectivity index (χ1) is 9.60. The van der Waals surface area contributed by atoms with Gasteiger partial charge in [-0.05, 0) is 24.1 Å². The predicted octanol–water partition coefficient (Wildman–Crippen LogP) is 2.55. The van der Waals surface area contributed by atoms with Gasteiger partial charge in [0.25, 0.3) is 0 Å². The Morgan fingerprint density at radius 2 is 2.10 bits per heavy atom. The van der Waals surface area contributed by atoms with Crippen molar-refractivity contribution in [2.75, 3.05) is 7.11 Å². The van der Waals surface area contributed by atoms with Gasteiger partial charge in [0.1, 0.15) is 17.5 Å². The van der Waals surface area contributed by atoms with Crippen LogP contribution in [0.3, 0.4) is 0 Å². The molecule has 0 radical (unpaired) electrons. The Morgan fingerprint density at radius 3 is 2.70 bits per heavy atom. The number of hydrogen-bond donors (Lipinski definition) is 1. The number of carbonyl (C=O) groups is 1. The molecule has 0 saturated heterocycles. The topological polar surface area (TPSA) is 72.3 Å². The summed E-state index contributed by atoms with van der Waals surface area (Å²) in [6.07, 6.45) is 3.07. The molecule has 1 unspecified atom stereocenters. The number of nitrogens with zero attached hydrogens (tertiary/aromatic N) is 2. The molecule has 1 atom stereocenters. The van der Waals surface area contributed by atoms with E-state index in [1.165, 1.54) is 12.4 Å². The normalized spacial score (nSPS) is 11.9. The van der Waals surface area contributed by atoms with Crippen LogP contribution in [0.25, 0.3) is 0 Å². The Hall–Kier alpha value is -2.14. The molecule has 0 aliphatic carbocycles. The van der Waals surface area contributed by atoms with Crippen molar-refractivity contribution in [2.45, 2.75) is 12.3 Å². The van der Waals surface area contributed by atoms with Gasteiger partial charge < -0.3 is 9.84 Å². The third kappa shape index (κ3) is 3.45. The van der Waals surface area contributed by atoms with Gasteiger partial charge in [-0.3, -0.25) is 4.79 Å². The van der Waals surface area contributed by atoms with E-state index in [0.717, 1.165) is 5.56 Å². The van der Waals surface area contributed by atoms with Gasteiger partial charge in [0, 0.05) is 12.4 Å². The first-order valence-corrected chi connectivity index (χ1v) is 6.31. The van der Waals surface area contributed by atoms with Gasteiger partial charge in [-0.1, -0.05) is 23.7 Å². The molecular formula is C14H13ClN2O3. The third-order valence-corrected chi connectivity index (χ3v) is 3.02. The van der Waals surface area contributed by atoms with Crippen LogP contribution < -0.4 is 4.74 Å². The standard InChI is InChI=1S/C14H13ClN2O3/c1-20-11-4-2-3-9(5-11)6-12(14(18)19)13-16-7-10(15)8-17-13/h2-5,7-8,12H,6H2,1H3,(H,18,19).